The lowest BCUT2D eigenvalue weighted by atomic mass is 10.0. The molecule has 1 aliphatic rings. The van der Waals surface area contributed by atoms with Crippen LogP contribution in [0.15, 0.2) is 0 Å². The number of aryl methyl sites for hydroxylation is 1. The Labute approximate surface area is 138 Å². The zero-order valence-electron chi connectivity index (χ0n) is 13.8. The average Bonchev–Trinajstić information content (AvgIpc) is 3.02. The lowest BCUT2D eigenvalue weighted by molar-refractivity contribution is 0.0730. The van der Waals surface area contributed by atoms with E-state index in [-0.39, 0.29) is 30.1 Å². The van der Waals surface area contributed by atoms with Crippen molar-refractivity contribution in [1.82, 2.24) is 15.2 Å². The third-order valence-corrected chi connectivity index (χ3v) is 4.29. The van der Waals surface area contributed by atoms with Crippen molar-refractivity contribution < 1.29 is 9.59 Å². The van der Waals surface area contributed by atoms with Crippen molar-refractivity contribution in [3.8, 4) is 0 Å². The number of amides is 1. The zero-order chi connectivity index (χ0) is 15.6. The number of carbonyl (C=O) groups is 2. The fourth-order valence-electron chi connectivity index (χ4n) is 3.38. The predicted octanol–water partition coefficient (Wildman–Crippen LogP) is 2.33. The van der Waals surface area contributed by atoms with Gasteiger partial charge in [0.1, 0.15) is 5.69 Å². The van der Waals surface area contributed by atoms with Crippen LogP contribution in [0.2, 0.25) is 0 Å². The number of hydrogen-bond donors (Lipinski definition) is 2. The molecular weight excluding hydrogens is 302 g/mol. The minimum absolute atomic E-state index is 0. The molecule has 1 aromatic rings. The first-order chi connectivity index (χ1) is 10.0. The van der Waals surface area contributed by atoms with Crippen molar-refractivity contribution in [1.29, 1.82) is 0 Å². The number of hydrogen-bond acceptors (Lipinski definition) is 3. The van der Waals surface area contributed by atoms with Crippen LogP contribution in [0.3, 0.4) is 0 Å². The number of ketones is 1. The van der Waals surface area contributed by atoms with Crippen LogP contribution in [0.4, 0.5) is 0 Å². The van der Waals surface area contributed by atoms with Gasteiger partial charge in [-0.1, -0.05) is 6.92 Å². The van der Waals surface area contributed by atoms with Crippen molar-refractivity contribution in [2.75, 3.05) is 20.1 Å². The minimum atomic E-state index is 0. The molecule has 1 unspecified atom stereocenters. The van der Waals surface area contributed by atoms with Gasteiger partial charge in [0.25, 0.3) is 5.91 Å². The van der Waals surface area contributed by atoms with Crippen LogP contribution < -0.4 is 5.32 Å². The van der Waals surface area contributed by atoms with E-state index in [2.05, 4.69) is 10.3 Å². The van der Waals surface area contributed by atoms with Crippen LogP contribution in [-0.2, 0) is 6.42 Å². The van der Waals surface area contributed by atoms with Gasteiger partial charge in [0.15, 0.2) is 5.78 Å². The number of H-pyrrole nitrogens is 1. The number of likely N-dealkylation sites (tertiary alicyclic amines) is 1. The highest BCUT2D eigenvalue weighted by Crippen LogP contribution is 2.25. The molecule has 6 heteroatoms. The third kappa shape index (κ3) is 3.36. The van der Waals surface area contributed by atoms with Crippen molar-refractivity contribution in [3.63, 3.8) is 0 Å². The van der Waals surface area contributed by atoms with E-state index < -0.39 is 0 Å². The fraction of sp³-hybridized carbons (Fsp3) is 0.625. The molecule has 0 spiro atoms. The van der Waals surface area contributed by atoms with Gasteiger partial charge in [-0.2, -0.15) is 0 Å². The molecule has 1 saturated heterocycles. The monoisotopic (exact) mass is 327 g/mol. The molecule has 1 aliphatic heterocycles. The number of halogens is 1. The van der Waals surface area contributed by atoms with Gasteiger partial charge < -0.3 is 15.2 Å². The van der Waals surface area contributed by atoms with Crippen molar-refractivity contribution >= 4 is 24.1 Å². The van der Waals surface area contributed by atoms with Crippen molar-refractivity contribution in [2.24, 2.45) is 0 Å². The Hall–Kier alpha value is -1.33. The third-order valence-electron chi connectivity index (χ3n) is 4.29. The van der Waals surface area contributed by atoms with Gasteiger partial charge in [-0.05, 0) is 45.7 Å². The predicted molar refractivity (Wildman–Crippen MR) is 90.1 cm³/mol. The van der Waals surface area contributed by atoms with E-state index >= 15 is 0 Å². The van der Waals surface area contributed by atoms with E-state index in [9.17, 15) is 9.59 Å². The Morgan fingerprint density at radius 2 is 2.09 bits per heavy atom. The number of rotatable bonds is 5. The number of carbonyl (C=O) groups excluding carboxylic acids is 2. The van der Waals surface area contributed by atoms with Gasteiger partial charge in [0.2, 0.25) is 0 Å². The summed E-state index contributed by atoms with van der Waals surface area (Å²) in [4.78, 5) is 29.8. The highest BCUT2D eigenvalue weighted by molar-refractivity contribution is 6.02. The van der Waals surface area contributed by atoms with Crippen LogP contribution in [0.5, 0.6) is 0 Å². The molecule has 2 rings (SSSR count). The zero-order valence-corrected chi connectivity index (χ0v) is 14.6. The molecular formula is C16H26ClN3O2. The van der Waals surface area contributed by atoms with Gasteiger partial charge in [-0.25, -0.2) is 0 Å². The molecule has 0 radical (unpaired) electrons. The maximum absolute atomic E-state index is 12.9. The van der Waals surface area contributed by atoms with E-state index in [0.29, 0.717) is 17.7 Å². The molecule has 0 aromatic carbocycles. The van der Waals surface area contributed by atoms with Crippen LogP contribution in [0.25, 0.3) is 0 Å². The summed E-state index contributed by atoms with van der Waals surface area (Å²) in [7, 11) is 1.91. The number of likely N-dealkylation sites (N-methyl/N-ethyl adjacent to an activating group) is 1. The van der Waals surface area contributed by atoms with E-state index in [1.807, 2.05) is 25.8 Å². The summed E-state index contributed by atoms with van der Waals surface area (Å²) in [6.07, 6.45) is 2.76. The second-order valence-electron chi connectivity index (χ2n) is 5.74. The molecule has 1 aromatic heterocycles. The lowest BCUT2D eigenvalue weighted by Gasteiger charge is -2.24. The topological polar surface area (TPSA) is 65.2 Å². The number of nitrogens with zero attached hydrogens (tertiary/aromatic N) is 1. The number of nitrogens with one attached hydrogen (secondary N) is 2. The van der Waals surface area contributed by atoms with E-state index in [1.54, 1.807) is 6.92 Å². The van der Waals surface area contributed by atoms with Crippen LogP contribution >= 0.6 is 12.4 Å². The maximum Gasteiger partial charge on any atom is 0.270 e. The number of aromatic nitrogens is 1. The van der Waals surface area contributed by atoms with Crippen molar-refractivity contribution in [3.05, 3.63) is 22.5 Å². The Morgan fingerprint density at radius 3 is 2.64 bits per heavy atom. The first-order valence-corrected chi connectivity index (χ1v) is 7.69. The van der Waals surface area contributed by atoms with E-state index in [0.717, 1.165) is 37.2 Å². The molecule has 1 fully saturated rings. The summed E-state index contributed by atoms with van der Waals surface area (Å²) in [5.41, 5.74) is 2.94. The molecule has 2 heterocycles. The second kappa shape index (κ2) is 7.79. The summed E-state index contributed by atoms with van der Waals surface area (Å²) in [6, 6.07) is 0.247. The van der Waals surface area contributed by atoms with Crippen LogP contribution in [0, 0.1) is 6.92 Å². The molecule has 1 amide bonds. The van der Waals surface area contributed by atoms with Gasteiger partial charge >= 0.3 is 0 Å². The largest absolute Gasteiger partial charge is 0.354 e. The van der Waals surface area contributed by atoms with E-state index in [1.165, 1.54) is 0 Å². The average molecular weight is 328 g/mol. The first kappa shape index (κ1) is 18.7. The highest BCUT2D eigenvalue weighted by Gasteiger charge is 2.32. The smallest absolute Gasteiger partial charge is 0.270 e. The highest BCUT2D eigenvalue weighted by atomic mass is 35.5. The molecule has 0 bridgehead atoms. The van der Waals surface area contributed by atoms with Crippen molar-refractivity contribution in [2.45, 2.75) is 46.1 Å². The fourth-order valence-corrected chi connectivity index (χ4v) is 3.38. The van der Waals surface area contributed by atoms with E-state index in [4.69, 9.17) is 0 Å². The Kier molecular flexibility index (Phi) is 6.63. The Morgan fingerprint density at radius 1 is 1.41 bits per heavy atom. The summed E-state index contributed by atoms with van der Waals surface area (Å²) >= 11 is 0. The molecule has 5 nitrogen and oxygen atoms in total. The SMILES string of the molecule is CCc1c(C(=O)N2CCCC2CNC)[nH]c(C)c1C(C)=O.Cl. The summed E-state index contributed by atoms with van der Waals surface area (Å²) < 4.78 is 0. The maximum atomic E-state index is 12.9. The first-order valence-electron chi connectivity index (χ1n) is 7.69. The molecule has 2 N–H and O–H groups in total. The van der Waals surface area contributed by atoms with Gasteiger partial charge in [0, 0.05) is 30.4 Å². The standard InChI is InChI=1S/C16H25N3O2.ClH/c1-5-13-14(11(3)20)10(2)18-15(13)16(21)19-8-6-7-12(19)9-17-4;/h12,17-18H,5-9H2,1-4H3;1H. The van der Waals surface area contributed by atoms with Gasteiger partial charge in [-0.3, -0.25) is 9.59 Å². The molecule has 1 atom stereocenters. The lowest BCUT2D eigenvalue weighted by Crippen LogP contribution is -2.41. The summed E-state index contributed by atoms with van der Waals surface area (Å²) in [5.74, 6) is 0.0491. The summed E-state index contributed by atoms with van der Waals surface area (Å²) in [5, 5.41) is 3.15. The Balaban J connectivity index is 0.00000242. The second-order valence-corrected chi connectivity index (χ2v) is 5.74. The Bertz CT molecular complexity index is 554. The molecule has 22 heavy (non-hydrogen) atoms. The van der Waals surface area contributed by atoms with Crippen LogP contribution in [0.1, 0.15) is 58.8 Å². The van der Waals surface area contributed by atoms with Gasteiger partial charge in [-0.15, -0.1) is 12.4 Å². The minimum Gasteiger partial charge on any atom is -0.354 e. The molecule has 124 valence electrons. The normalized spacial score (nSPS) is 17.5. The number of aromatic amines is 1. The summed E-state index contributed by atoms with van der Waals surface area (Å²) in [6.45, 7) is 7.01. The molecule has 0 aliphatic carbocycles. The molecule has 0 saturated carbocycles. The quantitative estimate of drug-likeness (QED) is 0.816. The van der Waals surface area contributed by atoms with Gasteiger partial charge in [0.05, 0.1) is 0 Å². The number of Topliss-reactive ketones (excluding diaryl/α,β-unsaturated/α-hetero) is 1. The van der Waals surface area contributed by atoms with Crippen LogP contribution in [-0.4, -0.2) is 47.8 Å².